The van der Waals surface area contributed by atoms with Gasteiger partial charge in [0.25, 0.3) is 5.56 Å². The number of fused-ring (bicyclic) bond motifs is 1. The lowest BCUT2D eigenvalue weighted by Gasteiger charge is -2.16. The minimum atomic E-state index is -0.895. The highest BCUT2D eigenvalue weighted by Gasteiger charge is 2.30. The van der Waals surface area contributed by atoms with E-state index in [1.807, 2.05) is 0 Å². The number of amides is 1. The Hall–Kier alpha value is -2.90. The van der Waals surface area contributed by atoms with Crippen LogP contribution < -0.4 is 11.2 Å². The van der Waals surface area contributed by atoms with Crippen LogP contribution >= 0.6 is 0 Å². The molecule has 1 aromatic heterocycles. The van der Waals surface area contributed by atoms with E-state index in [4.69, 9.17) is 5.11 Å². The molecule has 1 aliphatic rings. The molecule has 126 valence electrons. The quantitative estimate of drug-likeness (QED) is 0.820. The number of benzene rings is 1. The summed E-state index contributed by atoms with van der Waals surface area (Å²) in [5.74, 6) is -1.61. The monoisotopic (exact) mass is 331 g/mol. The second kappa shape index (κ2) is 6.31. The number of aromatic amines is 1. The van der Waals surface area contributed by atoms with Gasteiger partial charge >= 0.3 is 11.7 Å². The van der Waals surface area contributed by atoms with E-state index in [1.165, 1.54) is 9.47 Å². The molecule has 1 fully saturated rings. The first-order chi connectivity index (χ1) is 11.5. The summed E-state index contributed by atoms with van der Waals surface area (Å²) in [6.45, 7) is 0.746. The molecule has 1 saturated heterocycles. The summed E-state index contributed by atoms with van der Waals surface area (Å²) in [6.07, 6.45) is 0.519. The van der Waals surface area contributed by atoms with Crippen LogP contribution in [0.25, 0.3) is 10.9 Å². The molecule has 1 amide bonds. The standard InChI is InChI=1S/C16H17N3O5/c20-13(18-7-5-10(9-18)15(22)23)6-8-19-12-4-2-1-3-11(12)14(21)17-16(19)24/h1-4,10H,5-9H2,(H,22,23)(H,17,21,24). The highest BCUT2D eigenvalue weighted by Crippen LogP contribution is 2.17. The van der Waals surface area contributed by atoms with Gasteiger partial charge in [-0.3, -0.25) is 23.9 Å². The van der Waals surface area contributed by atoms with Gasteiger partial charge in [0.1, 0.15) is 0 Å². The van der Waals surface area contributed by atoms with Crippen LogP contribution in [0, 0.1) is 5.92 Å². The lowest BCUT2D eigenvalue weighted by Crippen LogP contribution is -2.34. The van der Waals surface area contributed by atoms with Crippen molar-refractivity contribution in [3.8, 4) is 0 Å². The van der Waals surface area contributed by atoms with E-state index in [-0.39, 0.29) is 25.4 Å². The normalized spacial score (nSPS) is 17.3. The second-order valence-electron chi connectivity index (χ2n) is 5.84. The van der Waals surface area contributed by atoms with E-state index in [1.54, 1.807) is 24.3 Å². The first-order valence-electron chi connectivity index (χ1n) is 7.70. The second-order valence-corrected chi connectivity index (χ2v) is 5.84. The van der Waals surface area contributed by atoms with Crippen molar-refractivity contribution in [2.24, 2.45) is 5.92 Å². The summed E-state index contributed by atoms with van der Waals surface area (Å²) >= 11 is 0. The zero-order valence-electron chi connectivity index (χ0n) is 12.9. The fourth-order valence-electron chi connectivity index (χ4n) is 3.02. The number of H-pyrrole nitrogens is 1. The Morgan fingerprint density at radius 3 is 2.71 bits per heavy atom. The maximum Gasteiger partial charge on any atom is 0.328 e. The van der Waals surface area contributed by atoms with E-state index in [2.05, 4.69) is 4.98 Å². The molecule has 0 saturated carbocycles. The van der Waals surface area contributed by atoms with Crippen molar-refractivity contribution in [3.05, 3.63) is 45.1 Å². The van der Waals surface area contributed by atoms with Crippen LogP contribution in [-0.4, -0.2) is 44.5 Å². The van der Waals surface area contributed by atoms with Gasteiger partial charge in [-0.25, -0.2) is 4.79 Å². The number of aryl methyl sites for hydroxylation is 1. The lowest BCUT2D eigenvalue weighted by molar-refractivity contribution is -0.141. The maximum atomic E-state index is 12.2. The number of rotatable bonds is 4. The van der Waals surface area contributed by atoms with Crippen molar-refractivity contribution in [1.82, 2.24) is 14.5 Å². The molecule has 24 heavy (non-hydrogen) atoms. The molecule has 2 N–H and O–H groups in total. The largest absolute Gasteiger partial charge is 0.481 e. The third kappa shape index (κ3) is 2.94. The van der Waals surface area contributed by atoms with Crippen molar-refractivity contribution in [2.45, 2.75) is 19.4 Å². The molecule has 1 atom stereocenters. The van der Waals surface area contributed by atoms with Gasteiger partial charge in [0.05, 0.1) is 16.8 Å². The van der Waals surface area contributed by atoms with Crippen molar-refractivity contribution < 1.29 is 14.7 Å². The van der Waals surface area contributed by atoms with Crippen molar-refractivity contribution in [3.63, 3.8) is 0 Å². The van der Waals surface area contributed by atoms with Gasteiger partial charge in [0, 0.05) is 26.1 Å². The van der Waals surface area contributed by atoms with Crippen LogP contribution in [0.5, 0.6) is 0 Å². The Morgan fingerprint density at radius 1 is 1.25 bits per heavy atom. The fourth-order valence-corrected chi connectivity index (χ4v) is 3.02. The summed E-state index contributed by atoms with van der Waals surface area (Å²) in [5.41, 5.74) is -0.540. The van der Waals surface area contributed by atoms with Gasteiger partial charge in [0.15, 0.2) is 0 Å². The van der Waals surface area contributed by atoms with Crippen LogP contribution in [0.3, 0.4) is 0 Å². The van der Waals surface area contributed by atoms with E-state index in [0.717, 1.165) is 0 Å². The number of likely N-dealkylation sites (tertiary alicyclic amines) is 1. The predicted molar refractivity (Wildman–Crippen MR) is 85.8 cm³/mol. The SMILES string of the molecule is O=C(O)C1CCN(C(=O)CCn2c(=O)[nH]c(=O)c3ccccc32)C1. The minimum Gasteiger partial charge on any atom is -0.481 e. The van der Waals surface area contributed by atoms with Crippen molar-refractivity contribution in [2.75, 3.05) is 13.1 Å². The number of hydrogen-bond donors (Lipinski definition) is 2. The first kappa shape index (κ1) is 16.0. The Kier molecular flexibility index (Phi) is 4.20. The highest BCUT2D eigenvalue weighted by molar-refractivity contribution is 5.80. The summed E-state index contributed by atoms with van der Waals surface area (Å²) in [4.78, 5) is 50.8. The van der Waals surface area contributed by atoms with Crippen LogP contribution in [0.4, 0.5) is 0 Å². The molecule has 0 bridgehead atoms. The van der Waals surface area contributed by atoms with Crippen LogP contribution in [0.1, 0.15) is 12.8 Å². The van der Waals surface area contributed by atoms with Crippen LogP contribution in [0.15, 0.2) is 33.9 Å². The molecular formula is C16H17N3O5. The van der Waals surface area contributed by atoms with E-state index in [0.29, 0.717) is 23.9 Å². The molecule has 1 aliphatic heterocycles. The highest BCUT2D eigenvalue weighted by atomic mass is 16.4. The number of carboxylic acids is 1. The van der Waals surface area contributed by atoms with Gasteiger partial charge in [0.2, 0.25) is 5.91 Å². The van der Waals surface area contributed by atoms with E-state index < -0.39 is 23.1 Å². The fraction of sp³-hybridized carbons (Fsp3) is 0.375. The summed E-state index contributed by atoms with van der Waals surface area (Å²) < 4.78 is 1.36. The van der Waals surface area contributed by atoms with Gasteiger partial charge < -0.3 is 10.0 Å². The zero-order valence-corrected chi connectivity index (χ0v) is 12.9. The smallest absolute Gasteiger partial charge is 0.328 e. The number of carbonyl (C=O) groups is 2. The summed E-state index contributed by atoms with van der Waals surface area (Å²) in [5, 5.41) is 9.37. The van der Waals surface area contributed by atoms with Gasteiger partial charge in [-0.05, 0) is 18.6 Å². The molecular weight excluding hydrogens is 314 g/mol. The van der Waals surface area contributed by atoms with Gasteiger partial charge in [-0.1, -0.05) is 12.1 Å². The van der Waals surface area contributed by atoms with Gasteiger partial charge in [-0.2, -0.15) is 0 Å². The summed E-state index contributed by atoms with van der Waals surface area (Å²) in [7, 11) is 0. The molecule has 8 heteroatoms. The van der Waals surface area contributed by atoms with Crippen molar-refractivity contribution in [1.29, 1.82) is 0 Å². The Morgan fingerprint density at radius 2 is 2.00 bits per heavy atom. The molecule has 2 aromatic rings. The van der Waals surface area contributed by atoms with Crippen LogP contribution in [-0.2, 0) is 16.1 Å². The van der Waals surface area contributed by atoms with Gasteiger partial charge in [-0.15, -0.1) is 0 Å². The Bertz CT molecular complexity index is 914. The van der Waals surface area contributed by atoms with Crippen LogP contribution in [0.2, 0.25) is 0 Å². The Labute approximate surface area is 136 Å². The minimum absolute atomic E-state index is 0.0717. The Balaban J connectivity index is 1.77. The van der Waals surface area contributed by atoms with E-state index >= 15 is 0 Å². The molecule has 1 aromatic carbocycles. The third-order valence-corrected chi connectivity index (χ3v) is 4.34. The number of aliphatic carboxylic acids is 1. The molecule has 1 unspecified atom stereocenters. The molecule has 3 rings (SSSR count). The number of nitrogens with zero attached hydrogens (tertiary/aromatic N) is 2. The molecule has 0 spiro atoms. The molecule has 8 nitrogen and oxygen atoms in total. The number of carbonyl (C=O) groups excluding carboxylic acids is 1. The maximum absolute atomic E-state index is 12.2. The zero-order chi connectivity index (χ0) is 17.3. The van der Waals surface area contributed by atoms with E-state index in [9.17, 15) is 19.2 Å². The number of carboxylic acid groups (broad SMARTS) is 1. The number of hydrogen-bond acceptors (Lipinski definition) is 4. The topological polar surface area (TPSA) is 112 Å². The molecule has 0 aliphatic carbocycles. The lowest BCUT2D eigenvalue weighted by atomic mass is 10.1. The number of para-hydroxylation sites is 1. The number of aromatic nitrogens is 2. The average molecular weight is 331 g/mol. The molecule has 2 heterocycles. The first-order valence-corrected chi connectivity index (χ1v) is 7.70. The average Bonchev–Trinajstić information content (AvgIpc) is 3.05. The predicted octanol–water partition coefficient (Wildman–Crippen LogP) is 0.0130. The van der Waals surface area contributed by atoms with Crippen molar-refractivity contribution >= 4 is 22.8 Å². The molecule has 0 radical (unpaired) electrons. The third-order valence-electron chi connectivity index (χ3n) is 4.34. The number of nitrogens with one attached hydrogen (secondary N) is 1. The summed E-state index contributed by atoms with van der Waals surface area (Å²) in [6, 6.07) is 6.70.